The first-order valence-electron chi connectivity index (χ1n) is 16.3. The third-order valence-electron chi connectivity index (χ3n) is 8.70. The van der Waals surface area contributed by atoms with Crippen LogP contribution < -0.4 is 26.6 Å². The largest absolute Gasteiger partial charge is 0.394 e. The Balaban J connectivity index is 1.95. The normalized spacial score (nSPS) is 26.7. The number of aliphatic hydroxyl groups is 1. The third kappa shape index (κ3) is 10.0. The fourth-order valence-corrected chi connectivity index (χ4v) is 5.97. The van der Waals surface area contributed by atoms with E-state index in [1.54, 1.807) is 30.3 Å². The zero-order chi connectivity index (χ0) is 34.0. The van der Waals surface area contributed by atoms with Gasteiger partial charge in [-0.15, -0.1) is 0 Å². The molecule has 0 unspecified atom stereocenters. The van der Waals surface area contributed by atoms with Crippen molar-refractivity contribution < 1.29 is 33.9 Å². The summed E-state index contributed by atoms with van der Waals surface area (Å²) >= 11 is 0. The van der Waals surface area contributed by atoms with E-state index in [1.165, 1.54) is 11.8 Å². The predicted octanol–water partition coefficient (Wildman–Crippen LogP) is 0.672. The van der Waals surface area contributed by atoms with Crippen LogP contribution in [0.3, 0.4) is 0 Å². The minimum atomic E-state index is -1.40. The van der Waals surface area contributed by atoms with Gasteiger partial charge in [0, 0.05) is 19.0 Å². The molecule has 1 aromatic rings. The molecule has 0 saturated carbocycles. The summed E-state index contributed by atoms with van der Waals surface area (Å²) in [4.78, 5) is 81.5. The maximum Gasteiger partial charge on any atom is 0.248 e. The van der Waals surface area contributed by atoms with Gasteiger partial charge < -0.3 is 36.6 Å². The molecule has 0 aliphatic carbocycles. The van der Waals surface area contributed by atoms with Gasteiger partial charge in [-0.2, -0.15) is 0 Å². The van der Waals surface area contributed by atoms with Crippen molar-refractivity contribution in [3.05, 3.63) is 35.9 Å². The van der Waals surface area contributed by atoms with Crippen LogP contribution >= 0.6 is 0 Å². The van der Waals surface area contributed by atoms with Crippen LogP contribution in [-0.4, -0.2) is 88.8 Å². The molecule has 0 bridgehead atoms. The van der Waals surface area contributed by atoms with Crippen molar-refractivity contribution in [2.75, 3.05) is 13.2 Å². The number of carbonyl (C=O) groups is 6. The van der Waals surface area contributed by atoms with Crippen LogP contribution in [0.25, 0.3) is 0 Å². The fourth-order valence-electron chi connectivity index (χ4n) is 5.97. The lowest BCUT2D eigenvalue weighted by atomic mass is 9.99. The SMILES string of the molecule is CCC(CC)CC(=O)N[C@H]1C[C@H]2C(=O)N[C@@H](C)C(=O)N[C@@H](c3ccccc3)CC(=O)N[C@@H](CC(C)C)C(=O)N[C@H](CO)C(=O)N2C1. The van der Waals surface area contributed by atoms with Gasteiger partial charge in [0.2, 0.25) is 35.4 Å². The molecule has 13 nitrogen and oxygen atoms in total. The molecule has 0 spiro atoms. The van der Waals surface area contributed by atoms with Gasteiger partial charge in [0.05, 0.1) is 19.1 Å². The van der Waals surface area contributed by atoms with E-state index in [9.17, 15) is 33.9 Å². The van der Waals surface area contributed by atoms with Gasteiger partial charge in [0.1, 0.15) is 24.2 Å². The average molecular weight is 643 g/mol. The van der Waals surface area contributed by atoms with Crippen LogP contribution in [0.15, 0.2) is 30.3 Å². The van der Waals surface area contributed by atoms with E-state index in [0.717, 1.165) is 12.8 Å². The van der Waals surface area contributed by atoms with Gasteiger partial charge in [-0.3, -0.25) is 28.8 Å². The van der Waals surface area contributed by atoms with Crippen molar-refractivity contribution in [1.29, 1.82) is 0 Å². The van der Waals surface area contributed by atoms with Crippen molar-refractivity contribution in [2.45, 2.75) is 109 Å². The lowest BCUT2D eigenvalue weighted by Gasteiger charge is -2.30. The third-order valence-corrected chi connectivity index (χ3v) is 8.70. The molecular weight excluding hydrogens is 592 g/mol. The van der Waals surface area contributed by atoms with Gasteiger partial charge in [0.15, 0.2) is 0 Å². The van der Waals surface area contributed by atoms with Crippen LogP contribution in [-0.2, 0) is 28.8 Å². The Hall–Kier alpha value is -4.00. The summed E-state index contributed by atoms with van der Waals surface area (Å²) in [5.41, 5.74) is 0.662. The average Bonchev–Trinajstić information content (AvgIpc) is 3.44. The molecule has 0 radical (unpaired) electrons. The Labute approximate surface area is 271 Å². The molecule has 13 heteroatoms. The summed E-state index contributed by atoms with van der Waals surface area (Å²) in [5.74, 6) is -3.03. The number of benzene rings is 1. The molecule has 2 aliphatic rings. The summed E-state index contributed by atoms with van der Waals surface area (Å²) in [6.45, 7) is 8.51. The van der Waals surface area contributed by atoms with E-state index in [-0.39, 0.29) is 43.6 Å². The first kappa shape index (κ1) is 36.5. The second kappa shape index (κ2) is 17.1. The molecule has 1 aromatic carbocycles. The Morgan fingerprint density at radius 2 is 1.61 bits per heavy atom. The van der Waals surface area contributed by atoms with Crippen molar-refractivity contribution >= 4 is 35.4 Å². The summed E-state index contributed by atoms with van der Waals surface area (Å²) < 4.78 is 0. The van der Waals surface area contributed by atoms with Gasteiger partial charge in [-0.25, -0.2) is 0 Å². The number of nitrogens with one attached hydrogen (secondary N) is 5. The van der Waals surface area contributed by atoms with Gasteiger partial charge in [-0.05, 0) is 37.2 Å². The number of carbonyl (C=O) groups excluding carboxylic acids is 6. The van der Waals surface area contributed by atoms with E-state index < -0.39 is 72.4 Å². The van der Waals surface area contributed by atoms with Crippen molar-refractivity contribution in [2.24, 2.45) is 11.8 Å². The maximum atomic E-state index is 13.8. The Morgan fingerprint density at radius 3 is 2.22 bits per heavy atom. The predicted molar refractivity (Wildman–Crippen MR) is 171 cm³/mol. The van der Waals surface area contributed by atoms with Crippen molar-refractivity contribution in [3.63, 3.8) is 0 Å². The smallest absolute Gasteiger partial charge is 0.248 e. The van der Waals surface area contributed by atoms with Crippen LogP contribution in [0.2, 0.25) is 0 Å². The topological polar surface area (TPSA) is 186 Å². The van der Waals surface area contributed by atoms with Gasteiger partial charge >= 0.3 is 0 Å². The maximum absolute atomic E-state index is 13.8. The van der Waals surface area contributed by atoms with Gasteiger partial charge in [-0.1, -0.05) is 70.9 Å². The minimum absolute atomic E-state index is 0.00793. The molecule has 2 aliphatic heterocycles. The molecule has 6 amide bonds. The standard InChI is InChI=1S/C33H50N6O7/c1-6-21(7-2)14-28(41)35-23-15-27-32(45)34-20(5)30(43)37-24(22-11-9-8-10-12-22)16-29(42)36-25(13-19(3)4)31(44)38-26(18-40)33(46)39(27)17-23/h8-12,19-21,23-27,40H,6-7,13-18H2,1-5H3,(H,34,45)(H,35,41)(H,36,42)(H,37,43)(H,38,44)/t20-,23-,24+,25-,26+,27-/m0/s1. The van der Waals surface area contributed by atoms with Crippen molar-refractivity contribution in [3.8, 4) is 0 Å². The molecule has 3 rings (SSSR count). The summed E-state index contributed by atoms with van der Waals surface area (Å²) in [6.07, 6.45) is 2.15. The number of rotatable bonds is 9. The Morgan fingerprint density at radius 1 is 0.935 bits per heavy atom. The number of hydrogen-bond acceptors (Lipinski definition) is 7. The zero-order valence-electron chi connectivity index (χ0n) is 27.5. The number of nitrogens with zero attached hydrogens (tertiary/aromatic N) is 1. The molecule has 46 heavy (non-hydrogen) atoms. The molecule has 2 heterocycles. The highest BCUT2D eigenvalue weighted by atomic mass is 16.3. The fraction of sp³-hybridized carbons (Fsp3) is 0.636. The molecule has 254 valence electrons. The summed E-state index contributed by atoms with van der Waals surface area (Å²) in [7, 11) is 0. The number of fused-ring (bicyclic) bond motifs is 1. The molecule has 6 atom stereocenters. The Kier molecular flexibility index (Phi) is 13.5. The van der Waals surface area contributed by atoms with E-state index >= 15 is 0 Å². The molecular formula is C33H50N6O7. The number of amides is 6. The highest BCUT2D eigenvalue weighted by molar-refractivity contribution is 5.96. The second-order valence-electron chi connectivity index (χ2n) is 12.8. The van der Waals surface area contributed by atoms with Crippen LogP contribution in [0.1, 0.15) is 84.7 Å². The highest BCUT2D eigenvalue weighted by Gasteiger charge is 2.43. The Bertz CT molecular complexity index is 1240. The first-order chi connectivity index (χ1) is 21.9. The monoisotopic (exact) mass is 642 g/mol. The van der Waals surface area contributed by atoms with E-state index in [1.807, 2.05) is 27.7 Å². The van der Waals surface area contributed by atoms with E-state index in [4.69, 9.17) is 0 Å². The summed E-state index contributed by atoms with van der Waals surface area (Å²) in [5, 5.41) is 24.0. The molecule has 6 N–H and O–H groups in total. The van der Waals surface area contributed by atoms with Crippen LogP contribution in [0.4, 0.5) is 0 Å². The zero-order valence-corrected chi connectivity index (χ0v) is 27.5. The van der Waals surface area contributed by atoms with E-state index in [0.29, 0.717) is 12.0 Å². The van der Waals surface area contributed by atoms with Gasteiger partial charge in [0.25, 0.3) is 0 Å². The molecule has 2 saturated heterocycles. The lowest BCUT2D eigenvalue weighted by molar-refractivity contribution is -0.143. The first-order valence-corrected chi connectivity index (χ1v) is 16.3. The van der Waals surface area contributed by atoms with E-state index in [2.05, 4.69) is 26.6 Å². The summed E-state index contributed by atoms with van der Waals surface area (Å²) in [6, 6.07) is 3.05. The molecule has 0 aromatic heterocycles. The minimum Gasteiger partial charge on any atom is -0.394 e. The van der Waals surface area contributed by atoms with Crippen LogP contribution in [0, 0.1) is 11.8 Å². The van der Waals surface area contributed by atoms with Crippen molar-refractivity contribution in [1.82, 2.24) is 31.5 Å². The molecule has 2 fully saturated rings. The van der Waals surface area contributed by atoms with Crippen LogP contribution in [0.5, 0.6) is 0 Å². The lowest BCUT2D eigenvalue weighted by Crippen LogP contribution is -2.59. The number of aliphatic hydroxyl groups excluding tert-OH is 1. The number of hydrogen-bond donors (Lipinski definition) is 6. The quantitative estimate of drug-likeness (QED) is 0.229. The second-order valence-corrected chi connectivity index (χ2v) is 12.8. The highest BCUT2D eigenvalue weighted by Crippen LogP contribution is 2.22.